The molecule has 0 atom stereocenters. The Morgan fingerprint density at radius 3 is 2.60 bits per heavy atom. The first-order chi connectivity index (χ1) is 9.49. The van der Waals surface area contributed by atoms with Crippen molar-refractivity contribution in [1.82, 2.24) is 4.90 Å². The van der Waals surface area contributed by atoms with E-state index in [1.54, 1.807) is 4.90 Å². The van der Waals surface area contributed by atoms with E-state index in [0.29, 0.717) is 5.56 Å². The number of carbonyl (C=O) groups excluding carboxylic acids is 2. The van der Waals surface area contributed by atoms with E-state index in [-0.39, 0.29) is 18.5 Å². The smallest absolute Gasteiger partial charge is 0.255 e. The van der Waals surface area contributed by atoms with Crippen molar-refractivity contribution in [2.75, 3.05) is 6.54 Å². The van der Waals surface area contributed by atoms with Gasteiger partial charge in [0.05, 0.1) is 12.1 Å². The van der Waals surface area contributed by atoms with Gasteiger partial charge in [-0.1, -0.05) is 24.5 Å². The van der Waals surface area contributed by atoms with Crippen LogP contribution in [0.4, 0.5) is 0 Å². The zero-order chi connectivity index (χ0) is 14.7. The molecule has 0 spiro atoms. The van der Waals surface area contributed by atoms with Gasteiger partial charge in [-0.2, -0.15) is 0 Å². The molecule has 5 heteroatoms. The predicted octanol–water partition coefficient (Wildman–Crippen LogP) is 2.63. The molecule has 20 heavy (non-hydrogen) atoms. The molecule has 1 saturated carbocycles. The number of aryl methyl sites for hydroxylation is 1. The standard InChI is InChI=1S/C15H19BrN2O2/c1-10-6-7-13(16)12(8-10)15(20)18(9-14(17)19)11-4-2-3-5-11/h6-8,11H,2-5,9H2,1H3,(H2,17,19). The molecule has 2 amide bonds. The molecular weight excluding hydrogens is 320 g/mol. The molecule has 1 aliphatic rings. The normalized spacial score (nSPS) is 15.3. The molecule has 2 rings (SSSR count). The number of hydrogen-bond donors (Lipinski definition) is 1. The fraction of sp³-hybridized carbons (Fsp3) is 0.467. The average Bonchev–Trinajstić information content (AvgIpc) is 2.91. The van der Waals surface area contributed by atoms with Crippen LogP contribution in [0.5, 0.6) is 0 Å². The number of nitrogens with two attached hydrogens (primary N) is 1. The van der Waals surface area contributed by atoms with Crippen molar-refractivity contribution in [3.05, 3.63) is 33.8 Å². The number of benzene rings is 1. The van der Waals surface area contributed by atoms with Crippen molar-refractivity contribution in [2.45, 2.75) is 38.6 Å². The van der Waals surface area contributed by atoms with Gasteiger partial charge in [0.25, 0.3) is 5.91 Å². The highest BCUT2D eigenvalue weighted by Gasteiger charge is 2.29. The summed E-state index contributed by atoms with van der Waals surface area (Å²) in [4.78, 5) is 25.6. The minimum absolute atomic E-state index is 0.0100. The van der Waals surface area contributed by atoms with Crippen LogP contribution in [0.3, 0.4) is 0 Å². The zero-order valence-electron chi connectivity index (χ0n) is 11.6. The summed E-state index contributed by atoms with van der Waals surface area (Å²) in [6.45, 7) is 1.93. The van der Waals surface area contributed by atoms with Gasteiger partial charge < -0.3 is 10.6 Å². The molecular formula is C15H19BrN2O2. The van der Waals surface area contributed by atoms with Gasteiger partial charge in [-0.25, -0.2) is 0 Å². The van der Waals surface area contributed by atoms with Crippen LogP contribution in [0.1, 0.15) is 41.6 Å². The highest BCUT2D eigenvalue weighted by Crippen LogP contribution is 2.27. The lowest BCUT2D eigenvalue weighted by Crippen LogP contribution is -2.44. The number of halogens is 1. The van der Waals surface area contributed by atoms with E-state index in [2.05, 4.69) is 15.9 Å². The van der Waals surface area contributed by atoms with E-state index >= 15 is 0 Å². The Labute approximate surface area is 127 Å². The minimum atomic E-state index is -0.464. The van der Waals surface area contributed by atoms with Crippen LogP contribution in [-0.4, -0.2) is 29.3 Å². The van der Waals surface area contributed by atoms with Crippen LogP contribution in [-0.2, 0) is 4.79 Å². The Balaban J connectivity index is 2.29. The number of primary amides is 1. The Morgan fingerprint density at radius 1 is 1.35 bits per heavy atom. The molecule has 1 fully saturated rings. The molecule has 1 aromatic carbocycles. The molecule has 0 unspecified atom stereocenters. The van der Waals surface area contributed by atoms with Crippen LogP contribution >= 0.6 is 15.9 Å². The third-order valence-corrected chi connectivity index (χ3v) is 4.40. The van der Waals surface area contributed by atoms with E-state index in [0.717, 1.165) is 35.7 Å². The SMILES string of the molecule is Cc1ccc(Br)c(C(=O)N(CC(N)=O)C2CCCC2)c1. The Kier molecular flexibility index (Phi) is 4.81. The summed E-state index contributed by atoms with van der Waals surface area (Å²) in [5, 5.41) is 0. The number of nitrogens with zero attached hydrogens (tertiary/aromatic N) is 1. The summed E-state index contributed by atoms with van der Waals surface area (Å²) in [5.41, 5.74) is 6.91. The van der Waals surface area contributed by atoms with Gasteiger partial charge in [0, 0.05) is 10.5 Å². The Bertz CT molecular complexity index is 525. The molecule has 2 N–H and O–H groups in total. The number of amides is 2. The maximum absolute atomic E-state index is 12.7. The molecule has 0 saturated heterocycles. The highest BCUT2D eigenvalue weighted by molar-refractivity contribution is 9.10. The number of rotatable bonds is 4. The van der Waals surface area contributed by atoms with E-state index in [9.17, 15) is 9.59 Å². The number of hydrogen-bond acceptors (Lipinski definition) is 2. The van der Waals surface area contributed by atoms with Gasteiger partial charge in [-0.3, -0.25) is 9.59 Å². The van der Waals surface area contributed by atoms with Gasteiger partial charge in [-0.05, 0) is 47.8 Å². The minimum Gasteiger partial charge on any atom is -0.368 e. The van der Waals surface area contributed by atoms with Crippen molar-refractivity contribution in [1.29, 1.82) is 0 Å². The largest absolute Gasteiger partial charge is 0.368 e. The average molecular weight is 339 g/mol. The van der Waals surface area contributed by atoms with Crippen molar-refractivity contribution < 1.29 is 9.59 Å². The van der Waals surface area contributed by atoms with Gasteiger partial charge >= 0.3 is 0 Å². The molecule has 0 bridgehead atoms. The predicted molar refractivity (Wildman–Crippen MR) is 81.4 cm³/mol. The lowest BCUT2D eigenvalue weighted by Gasteiger charge is -2.28. The van der Waals surface area contributed by atoms with E-state index < -0.39 is 5.91 Å². The third kappa shape index (κ3) is 3.39. The van der Waals surface area contributed by atoms with Gasteiger partial charge in [0.1, 0.15) is 0 Å². The molecule has 0 aromatic heterocycles. The first-order valence-corrected chi connectivity index (χ1v) is 7.64. The lowest BCUT2D eigenvalue weighted by atomic mass is 10.1. The zero-order valence-corrected chi connectivity index (χ0v) is 13.1. The van der Waals surface area contributed by atoms with Gasteiger partial charge in [0.2, 0.25) is 5.91 Å². The number of carbonyl (C=O) groups is 2. The molecule has 0 radical (unpaired) electrons. The topological polar surface area (TPSA) is 63.4 Å². The summed E-state index contributed by atoms with van der Waals surface area (Å²) >= 11 is 3.41. The van der Waals surface area contributed by atoms with E-state index in [1.807, 2.05) is 25.1 Å². The summed E-state index contributed by atoms with van der Waals surface area (Å²) < 4.78 is 0.751. The highest BCUT2D eigenvalue weighted by atomic mass is 79.9. The Hall–Kier alpha value is -1.36. The maximum atomic E-state index is 12.7. The molecule has 1 aromatic rings. The first-order valence-electron chi connectivity index (χ1n) is 6.84. The van der Waals surface area contributed by atoms with E-state index in [1.165, 1.54) is 0 Å². The summed E-state index contributed by atoms with van der Waals surface area (Å²) in [6, 6.07) is 5.77. The molecule has 0 aliphatic heterocycles. The van der Waals surface area contributed by atoms with Crippen molar-refractivity contribution in [3.63, 3.8) is 0 Å². The molecule has 0 heterocycles. The molecule has 1 aliphatic carbocycles. The summed E-state index contributed by atoms with van der Waals surface area (Å²) in [7, 11) is 0. The van der Waals surface area contributed by atoms with Crippen molar-refractivity contribution in [2.24, 2.45) is 5.73 Å². The van der Waals surface area contributed by atoms with Crippen molar-refractivity contribution >= 4 is 27.7 Å². The molecule has 4 nitrogen and oxygen atoms in total. The monoisotopic (exact) mass is 338 g/mol. The fourth-order valence-electron chi connectivity index (χ4n) is 2.71. The van der Waals surface area contributed by atoms with Crippen LogP contribution in [0, 0.1) is 6.92 Å². The second-order valence-corrected chi connectivity index (χ2v) is 6.18. The summed E-state index contributed by atoms with van der Waals surface area (Å²) in [6.07, 6.45) is 4.09. The fourth-order valence-corrected chi connectivity index (χ4v) is 3.12. The van der Waals surface area contributed by atoms with Crippen molar-refractivity contribution in [3.8, 4) is 0 Å². The van der Waals surface area contributed by atoms with E-state index in [4.69, 9.17) is 5.73 Å². The van der Waals surface area contributed by atoms with Crippen LogP contribution in [0.15, 0.2) is 22.7 Å². The second kappa shape index (κ2) is 6.39. The first kappa shape index (κ1) is 15.0. The lowest BCUT2D eigenvalue weighted by molar-refractivity contribution is -0.119. The maximum Gasteiger partial charge on any atom is 0.255 e. The third-order valence-electron chi connectivity index (χ3n) is 3.70. The second-order valence-electron chi connectivity index (χ2n) is 5.32. The van der Waals surface area contributed by atoms with Crippen LogP contribution in [0.25, 0.3) is 0 Å². The molecule has 108 valence electrons. The summed E-state index contributed by atoms with van der Waals surface area (Å²) in [5.74, 6) is -0.583. The van der Waals surface area contributed by atoms with Gasteiger partial charge in [-0.15, -0.1) is 0 Å². The quantitative estimate of drug-likeness (QED) is 0.917. The van der Waals surface area contributed by atoms with Crippen LogP contribution in [0.2, 0.25) is 0 Å². The Morgan fingerprint density at radius 2 is 2.00 bits per heavy atom. The van der Waals surface area contributed by atoms with Crippen LogP contribution < -0.4 is 5.73 Å². The van der Waals surface area contributed by atoms with Gasteiger partial charge in [0.15, 0.2) is 0 Å².